The monoisotopic (exact) mass is 398 g/mol. The fourth-order valence-corrected chi connectivity index (χ4v) is 3.46. The van der Waals surface area contributed by atoms with E-state index in [0.717, 1.165) is 56.2 Å². The van der Waals surface area contributed by atoms with E-state index in [2.05, 4.69) is 20.2 Å². The molecule has 0 unspecified atom stereocenters. The first-order valence-corrected chi connectivity index (χ1v) is 10.5. The molecule has 1 fully saturated rings. The standard InChI is InChI=1S/C21H30N6O2/c28-20(26-29)11-4-3-6-13-23-18-16-19(27-14-8-1-2-9-15-27)25-21(24-18)17-10-5-7-12-22-17/h5,7,10,12,16,29H,1-4,6,8-9,11,13-15H2,(H,26,28)(H,23,24,25). The zero-order chi connectivity index (χ0) is 20.3. The molecule has 3 heterocycles. The van der Waals surface area contributed by atoms with Crippen LogP contribution in [0.4, 0.5) is 11.6 Å². The lowest BCUT2D eigenvalue weighted by Crippen LogP contribution is -2.25. The van der Waals surface area contributed by atoms with Crippen LogP contribution in [0, 0.1) is 0 Å². The third-order valence-corrected chi connectivity index (χ3v) is 5.05. The maximum absolute atomic E-state index is 11.0. The molecular weight excluding hydrogens is 368 g/mol. The molecule has 3 N–H and O–H groups in total. The number of nitrogens with zero attached hydrogens (tertiary/aromatic N) is 4. The molecule has 3 rings (SSSR count). The van der Waals surface area contributed by atoms with Crippen LogP contribution in [0.25, 0.3) is 11.5 Å². The number of hydrogen-bond donors (Lipinski definition) is 3. The van der Waals surface area contributed by atoms with Gasteiger partial charge in [-0.2, -0.15) is 0 Å². The summed E-state index contributed by atoms with van der Waals surface area (Å²) in [7, 11) is 0. The predicted octanol–water partition coefficient (Wildman–Crippen LogP) is 3.40. The van der Waals surface area contributed by atoms with Gasteiger partial charge in [-0.3, -0.25) is 15.0 Å². The van der Waals surface area contributed by atoms with Gasteiger partial charge in [0.2, 0.25) is 5.91 Å². The minimum absolute atomic E-state index is 0.337. The molecule has 1 aliphatic heterocycles. The molecule has 1 saturated heterocycles. The zero-order valence-corrected chi connectivity index (χ0v) is 16.8. The maximum Gasteiger partial charge on any atom is 0.243 e. The normalized spacial score (nSPS) is 14.3. The van der Waals surface area contributed by atoms with Gasteiger partial charge in [-0.1, -0.05) is 25.3 Å². The molecule has 0 atom stereocenters. The Morgan fingerprint density at radius 2 is 1.90 bits per heavy atom. The molecule has 8 nitrogen and oxygen atoms in total. The van der Waals surface area contributed by atoms with E-state index in [9.17, 15) is 4.79 Å². The van der Waals surface area contributed by atoms with Gasteiger partial charge in [0.25, 0.3) is 0 Å². The van der Waals surface area contributed by atoms with Crippen molar-refractivity contribution in [3.63, 3.8) is 0 Å². The average Bonchev–Trinajstić information content (AvgIpc) is 3.06. The van der Waals surface area contributed by atoms with E-state index in [0.29, 0.717) is 12.2 Å². The molecule has 156 valence electrons. The Morgan fingerprint density at radius 3 is 2.62 bits per heavy atom. The van der Waals surface area contributed by atoms with Crippen LogP contribution in [0.1, 0.15) is 51.4 Å². The Labute approximate surface area is 171 Å². The molecule has 0 bridgehead atoms. The smallest absolute Gasteiger partial charge is 0.243 e. The van der Waals surface area contributed by atoms with E-state index >= 15 is 0 Å². The third kappa shape index (κ3) is 6.67. The first-order chi connectivity index (χ1) is 14.3. The van der Waals surface area contributed by atoms with Gasteiger partial charge in [0.1, 0.15) is 17.3 Å². The van der Waals surface area contributed by atoms with Crippen molar-refractivity contribution in [3.8, 4) is 11.5 Å². The number of carbonyl (C=O) groups is 1. The van der Waals surface area contributed by atoms with Crippen molar-refractivity contribution in [3.05, 3.63) is 30.5 Å². The Balaban J connectivity index is 1.66. The maximum atomic E-state index is 11.0. The zero-order valence-electron chi connectivity index (χ0n) is 16.8. The van der Waals surface area contributed by atoms with Crippen LogP contribution in [0.2, 0.25) is 0 Å². The van der Waals surface area contributed by atoms with Gasteiger partial charge in [0.05, 0.1) is 0 Å². The quantitative estimate of drug-likeness (QED) is 0.338. The minimum atomic E-state index is -0.337. The average molecular weight is 399 g/mol. The van der Waals surface area contributed by atoms with Crippen molar-refractivity contribution >= 4 is 17.5 Å². The second-order valence-corrected chi connectivity index (χ2v) is 7.32. The molecule has 0 radical (unpaired) electrons. The highest BCUT2D eigenvalue weighted by atomic mass is 16.5. The topological polar surface area (TPSA) is 103 Å². The van der Waals surface area contributed by atoms with Crippen molar-refractivity contribution < 1.29 is 10.0 Å². The number of hydrogen-bond acceptors (Lipinski definition) is 7. The number of carbonyl (C=O) groups excluding carboxylic acids is 1. The summed E-state index contributed by atoms with van der Waals surface area (Å²) in [5.74, 6) is 2.04. The summed E-state index contributed by atoms with van der Waals surface area (Å²) in [6.07, 6.45) is 9.58. The second-order valence-electron chi connectivity index (χ2n) is 7.32. The SMILES string of the molecule is O=C(CCCCCNc1cc(N2CCCCCC2)nc(-c2ccccn2)n1)NO. The van der Waals surface area contributed by atoms with E-state index in [1.807, 2.05) is 24.3 Å². The van der Waals surface area contributed by atoms with Gasteiger partial charge in [-0.25, -0.2) is 15.4 Å². The van der Waals surface area contributed by atoms with Gasteiger partial charge in [0, 0.05) is 38.3 Å². The summed E-state index contributed by atoms with van der Waals surface area (Å²) in [6, 6.07) is 7.78. The Hall–Kier alpha value is -2.74. The summed E-state index contributed by atoms with van der Waals surface area (Å²) >= 11 is 0. The molecule has 8 heteroatoms. The van der Waals surface area contributed by atoms with E-state index in [-0.39, 0.29) is 5.91 Å². The first-order valence-electron chi connectivity index (χ1n) is 10.5. The fourth-order valence-electron chi connectivity index (χ4n) is 3.46. The molecule has 1 amide bonds. The van der Waals surface area contributed by atoms with Crippen molar-refractivity contribution in [2.24, 2.45) is 0 Å². The highest BCUT2D eigenvalue weighted by Crippen LogP contribution is 2.23. The Bertz CT molecular complexity index is 763. The largest absolute Gasteiger partial charge is 0.370 e. The molecule has 29 heavy (non-hydrogen) atoms. The number of anilines is 2. The Kier molecular flexibility index (Phi) is 8.18. The lowest BCUT2D eigenvalue weighted by molar-refractivity contribution is -0.129. The van der Waals surface area contributed by atoms with E-state index < -0.39 is 0 Å². The lowest BCUT2D eigenvalue weighted by atomic mass is 10.2. The Morgan fingerprint density at radius 1 is 1.07 bits per heavy atom. The number of aromatic nitrogens is 3. The number of amides is 1. The van der Waals surface area contributed by atoms with Crippen molar-refractivity contribution in [1.82, 2.24) is 20.4 Å². The van der Waals surface area contributed by atoms with Crippen LogP contribution in [-0.2, 0) is 4.79 Å². The summed E-state index contributed by atoms with van der Waals surface area (Å²) in [5, 5.41) is 11.9. The van der Waals surface area contributed by atoms with Crippen molar-refractivity contribution in [2.75, 3.05) is 29.9 Å². The van der Waals surface area contributed by atoms with Gasteiger partial charge >= 0.3 is 0 Å². The number of nitrogens with one attached hydrogen (secondary N) is 2. The van der Waals surface area contributed by atoms with Gasteiger partial charge in [0.15, 0.2) is 5.82 Å². The summed E-state index contributed by atoms with van der Waals surface area (Å²) < 4.78 is 0. The molecule has 2 aromatic heterocycles. The molecule has 0 aromatic carbocycles. The predicted molar refractivity (Wildman–Crippen MR) is 113 cm³/mol. The number of unbranched alkanes of at least 4 members (excludes halogenated alkanes) is 2. The lowest BCUT2D eigenvalue weighted by Gasteiger charge is -2.22. The van der Waals surface area contributed by atoms with Gasteiger partial charge in [-0.05, 0) is 37.8 Å². The summed E-state index contributed by atoms with van der Waals surface area (Å²) in [6.45, 7) is 2.80. The minimum Gasteiger partial charge on any atom is -0.370 e. The van der Waals surface area contributed by atoms with E-state index in [1.54, 1.807) is 11.7 Å². The van der Waals surface area contributed by atoms with Crippen LogP contribution < -0.4 is 15.7 Å². The highest BCUT2D eigenvalue weighted by Gasteiger charge is 2.15. The van der Waals surface area contributed by atoms with Crippen LogP contribution >= 0.6 is 0 Å². The van der Waals surface area contributed by atoms with Crippen LogP contribution in [0.3, 0.4) is 0 Å². The number of rotatable bonds is 9. The van der Waals surface area contributed by atoms with Crippen LogP contribution in [0.5, 0.6) is 0 Å². The van der Waals surface area contributed by atoms with Crippen molar-refractivity contribution in [1.29, 1.82) is 0 Å². The molecule has 1 aliphatic rings. The summed E-state index contributed by atoms with van der Waals surface area (Å²) in [4.78, 5) is 27.3. The molecule has 0 spiro atoms. The molecule has 0 aliphatic carbocycles. The van der Waals surface area contributed by atoms with Gasteiger partial charge < -0.3 is 10.2 Å². The van der Waals surface area contributed by atoms with Crippen LogP contribution in [-0.4, -0.2) is 45.7 Å². The molecule has 2 aromatic rings. The second kappa shape index (κ2) is 11.3. The van der Waals surface area contributed by atoms with E-state index in [4.69, 9.17) is 10.2 Å². The molecule has 0 saturated carbocycles. The number of pyridine rings is 1. The highest BCUT2D eigenvalue weighted by molar-refractivity contribution is 5.74. The summed E-state index contributed by atoms with van der Waals surface area (Å²) in [5.41, 5.74) is 2.43. The third-order valence-electron chi connectivity index (χ3n) is 5.05. The molecular formula is C21H30N6O2. The number of hydroxylamine groups is 1. The van der Waals surface area contributed by atoms with Crippen LogP contribution in [0.15, 0.2) is 30.5 Å². The fraction of sp³-hybridized carbons (Fsp3) is 0.524. The van der Waals surface area contributed by atoms with Gasteiger partial charge in [-0.15, -0.1) is 0 Å². The first kappa shape index (κ1) is 21.0. The van der Waals surface area contributed by atoms with Crippen molar-refractivity contribution in [2.45, 2.75) is 51.4 Å². The van der Waals surface area contributed by atoms with E-state index in [1.165, 1.54) is 25.7 Å².